The van der Waals surface area contributed by atoms with E-state index in [9.17, 15) is 38.4 Å². The number of carbonyl (C=O) groups is 8. The van der Waals surface area contributed by atoms with Crippen molar-refractivity contribution in [2.75, 3.05) is 26.2 Å². The van der Waals surface area contributed by atoms with E-state index in [1.165, 1.54) is 23.5 Å². The summed E-state index contributed by atoms with van der Waals surface area (Å²) in [6.07, 6.45) is 0. The Hall–Kier alpha value is -6.74. The fourth-order valence-corrected chi connectivity index (χ4v) is 11.7. The quantitative estimate of drug-likeness (QED) is 0.0469. The summed E-state index contributed by atoms with van der Waals surface area (Å²) in [5.74, 6) is -4.63. The summed E-state index contributed by atoms with van der Waals surface area (Å²) in [5, 5.41) is 21.5. The van der Waals surface area contributed by atoms with Gasteiger partial charge in [0.05, 0.1) is 10.7 Å². The predicted molar refractivity (Wildman–Crippen MR) is 295 cm³/mol. The maximum atomic E-state index is 14.1. The van der Waals surface area contributed by atoms with Gasteiger partial charge in [-0.25, -0.2) is 0 Å². The van der Waals surface area contributed by atoms with Crippen LogP contribution < -0.4 is 42.5 Å². The molecule has 6 rings (SSSR count). The fraction of sp³-hybridized carbons (Fsp3) is 0.429. The van der Waals surface area contributed by atoms with E-state index in [2.05, 4.69) is 42.5 Å². The highest BCUT2D eigenvalue weighted by molar-refractivity contribution is 8.01. The number of benzene rings is 4. The van der Waals surface area contributed by atoms with Crippen LogP contribution in [-0.4, -0.2) is 129 Å². The molecule has 8 N–H and O–H groups in total. The average Bonchev–Trinajstić information content (AvgIpc) is 3.87. The molecule has 2 saturated heterocycles. The molecule has 2 fully saturated rings. The van der Waals surface area contributed by atoms with Crippen LogP contribution in [0.5, 0.6) is 0 Å². The van der Waals surface area contributed by atoms with Crippen LogP contribution in [-0.2, 0) is 38.2 Å². The molecule has 20 heteroatoms. The van der Waals surface area contributed by atoms with Gasteiger partial charge in [0.25, 0.3) is 11.8 Å². The second-order valence-corrected chi connectivity index (χ2v) is 25.0. The molecule has 0 aliphatic carbocycles. The minimum absolute atomic E-state index is 0.0112. The third kappa shape index (κ3) is 15.9. The number of nitrogens with one attached hydrogen (secondary N) is 8. The molecule has 0 bridgehead atoms. The Balaban J connectivity index is 1.11. The van der Waals surface area contributed by atoms with Crippen molar-refractivity contribution in [1.29, 1.82) is 0 Å². The molecule has 2 aliphatic rings. The number of hydrogen-bond acceptors (Lipinski definition) is 14. The average molecular weight is 1080 g/mol. The second kappa shape index (κ2) is 24.9. The highest BCUT2D eigenvalue weighted by Gasteiger charge is 2.51. The monoisotopic (exact) mass is 1080 g/mol. The number of amides is 6. The maximum Gasteiger partial charge on any atom is 0.325 e. The van der Waals surface area contributed by atoms with Gasteiger partial charge in [-0.1, -0.05) is 97.1 Å². The summed E-state index contributed by atoms with van der Waals surface area (Å²) < 4.78 is 9.14. The lowest BCUT2D eigenvalue weighted by atomic mass is 9.99. The minimum atomic E-state index is -1.27. The first kappa shape index (κ1) is 58.5. The van der Waals surface area contributed by atoms with Gasteiger partial charge in [-0.2, -0.15) is 0 Å². The van der Waals surface area contributed by atoms with Gasteiger partial charge < -0.3 is 41.4 Å². The molecule has 2 aliphatic heterocycles. The van der Waals surface area contributed by atoms with Crippen molar-refractivity contribution < 1.29 is 47.8 Å². The zero-order valence-corrected chi connectivity index (χ0v) is 46.2. The van der Waals surface area contributed by atoms with E-state index in [1.807, 2.05) is 113 Å². The number of ether oxygens (including phenoxy) is 2. The van der Waals surface area contributed by atoms with Gasteiger partial charge in [0, 0.05) is 33.7 Å². The van der Waals surface area contributed by atoms with Gasteiger partial charge in [0.1, 0.15) is 48.5 Å². The number of carbonyl (C=O) groups excluding carboxylic acids is 8. The largest absolute Gasteiger partial charge is 0.459 e. The molecule has 406 valence electrons. The molecule has 6 atom stereocenters. The van der Waals surface area contributed by atoms with Crippen molar-refractivity contribution >= 4 is 70.9 Å². The van der Waals surface area contributed by atoms with Crippen molar-refractivity contribution in [1.82, 2.24) is 42.5 Å². The molecule has 76 heavy (non-hydrogen) atoms. The van der Waals surface area contributed by atoms with Gasteiger partial charge in [0.2, 0.25) is 23.6 Å². The molecule has 0 aromatic heterocycles. The first-order chi connectivity index (χ1) is 35.7. The normalized spacial score (nSPS) is 19.4. The molecule has 4 aromatic rings. The van der Waals surface area contributed by atoms with Crippen molar-refractivity contribution in [2.45, 2.75) is 125 Å². The number of hydrogen-bond donors (Lipinski definition) is 8. The van der Waals surface area contributed by atoms with Gasteiger partial charge in [-0.15, -0.1) is 23.5 Å². The lowest BCUT2D eigenvalue weighted by Crippen LogP contribution is -2.59. The molecule has 0 spiro atoms. The van der Waals surface area contributed by atoms with E-state index in [4.69, 9.17) is 9.47 Å². The zero-order valence-electron chi connectivity index (χ0n) is 44.6. The third-order valence-corrected chi connectivity index (χ3v) is 15.1. The molecule has 18 nitrogen and oxygen atoms in total. The molecule has 2 heterocycles. The summed E-state index contributed by atoms with van der Waals surface area (Å²) >= 11 is 2.55. The van der Waals surface area contributed by atoms with Gasteiger partial charge in [-0.05, 0) is 104 Å². The highest BCUT2D eigenvalue weighted by Crippen LogP contribution is 2.41. The lowest BCUT2D eigenvalue weighted by molar-refractivity contribution is -0.155. The Labute approximate surface area is 452 Å². The van der Waals surface area contributed by atoms with Crippen LogP contribution in [0, 0.1) is 0 Å². The van der Waals surface area contributed by atoms with Crippen LogP contribution in [0.1, 0.15) is 90.0 Å². The maximum absolute atomic E-state index is 14.1. The standard InChI is InChI=1S/C56H70N8O10S2/c1-53(2,3)73-39(65)31-59-47(69)41(61-45(67)37-27-19-17-25-35(37)33-21-13-11-14-22-33)51-63-43(55(7,8)75-51)49(71)57-29-30-58-50(72)44-56(9,10)76-52(64-44)42(48(70)60-32-40(66)74-54(4,5)6)62-46(68)38-28-20-18-26-36(38)34-23-15-12-16-24-34/h11-28,41-44,51-52,63-64H,29-32H2,1-10H3,(H,57,71)(H,58,72)(H,59,69)(H,60,70)(H,61,67)(H,62,68)/t41-,42-,43+,44+,51-,52-/m1/s1. The van der Waals surface area contributed by atoms with E-state index < -0.39 is 116 Å². The van der Waals surface area contributed by atoms with E-state index in [0.29, 0.717) is 22.3 Å². The highest BCUT2D eigenvalue weighted by atomic mass is 32.2. The van der Waals surface area contributed by atoms with Crippen LogP contribution in [0.25, 0.3) is 22.3 Å². The van der Waals surface area contributed by atoms with Crippen molar-refractivity contribution in [3.05, 3.63) is 120 Å². The molecular weight excluding hydrogens is 1010 g/mol. The Bertz CT molecular complexity index is 2580. The number of rotatable bonds is 19. The van der Waals surface area contributed by atoms with Gasteiger partial charge in [0.15, 0.2) is 0 Å². The Morgan fingerprint density at radius 3 is 1.17 bits per heavy atom. The molecular formula is C56H70N8O10S2. The number of thioether (sulfide) groups is 2. The smallest absolute Gasteiger partial charge is 0.325 e. The summed E-state index contributed by atoms with van der Waals surface area (Å²) in [4.78, 5) is 109. The summed E-state index contributed by atoms with van der Waals surface area (Å²) in [6.45, 7) is 16.7. The Kier molecular flexibility index (Phi) is 19.2. The van der Waals surface area contributed by atoms with Crippen LogP contribution in [0.15, 0.2) is 109 Å². The Morgan fingerprint density at radius 2 is 0.829 bits per heavy atom. The summed E-state index contributed by atoms with van der Waals surface area (Å²) in [5.41, 5.74) is 1.91. The minimum Gasteiger partial charge on any atom is -0.459 e. The van der Waals surface area contributed by atoms with Crippen molar-refractivity contribution in [3.8, 4) is 22.3 Å². The molecule has 4 aromatic carbocycles. The van der Waals surface area contributed by atoms with Crippen LogP contribution in [0.2, 0.25) is 0 Å². The topological polar surface area (TPSA) is 251 Å². The van der Waals surface area contributed by atoms with Gasteiger partial charge >= 0.3 is 11.9 Å². The molecule has 0 radical (unpaired) electrons. The first-order valence-electron chi connectivity index (χ1n) is 25.1. The Morgan fingerprint density at radius 1 is 0.500 bits per heavy atom. The molecule has 0 unspecified atom stereocenters. The molecule has 6 amide bonds. The van der Waals surface area contributed by atoms with Crippen LogP contribution >= 0.6 is 23.5 Å². The lowest BCUT2D eigenvalue weighted by Gasteiger charge is -2.25. The van der Waals surface area contributed by atoms with Gasteiger partial charge in [-0.3, -0.25) is 49.0 Å². The zero-order chi connectivity index (χ0) is 55.6. The third-order valence-electron chi connectivity index (χ3n) is 12.1. The van der Waals surface area contributed by atoms with E-state index >= 15 is 0 Å². The fourth-order valence-electron chi connectivity index (χ4n) is 8.67. The second-order valence-electron chi connectivity index (χ2n) is 21.4. The van der Waals surface area contributed by atoms with Crippen molar-refractivity contribution in [2.24, 2.45) is 0 Å². The summed E-state index contributed by atoms with van der Waals surface area (Å²) in [7, 11) is 0. The van der Waals surface area contributed by atoms with Crippen LogP contribution in [0.3, 0.4) is 0 Å². The van der Waals surface area contributed by atoms with E-state index in [1.54, 1.807) is 65.8 Å². The first-order valence-corrected chi connectivity index (χ1v) is 26.8. The number of esters is 2. The van der Waals surface area contributed by atoms with E-state index in [-0.39, 0.29) is 13.1 Å². The summed E-state index contributed by atoms with van der Waals surface area (Å²) in [6, 6.07) is 28.3. The predicted octanol–water partition coefficient (Wildman–Crippen LogP) is 4.69. The molecule has 0 saturated carbocycles. The van der Waals surface area contributed by atoms with Crippen molar-refractivity contribution in [3.63, 3.8) is 0 Å². The van der Waals surface area contributed by atoms with E-state index in [0.717, 1.165) is 11.1 Å². The van der Waals surface area contributed by atoms with Crippen LogP contribution in [0.4, 0.5) is 0 Å². The SMILES string of the molecule is CC(C)(C)OC(=O)CNC(=O)[C@@H](NC(=O)c1ccccc1-c1ccccc1)[C@@H]1N[C@@H](C(=O)NCCNC(=O)[C@@H]2N[C@@H]([C@H](NC(=O)c3ccccc3-c3ccccc3)C(=O)NCC(=O)OC(C)(C)C)SC2(C)C)C(C)(C)S1.